The molecule has 0 spiro atoms. The highest BCUT2D eigenvalue weighted by molar-refractivity contribution is 7.21. The minimum Gasteiger partial charge on any atom is -0.492 e. The average molecular weight is 469 g/mol. The van der Waals surface area contributed by atoms with Crippen LogP contribution in [0.25, 0.3) is 20.8 Å². The van der Waals surface area contributed by atoms with E-state index in [0.717, 1.165) is 20.8 Å². The molecular formula is C26H20N4O3S. The number of fused-ring (bicyclic) bond motifs is 1. The van der Waals surface area contributed by atoms with Crippen molar-refractivity contribution in [3.8, 4) is 16.3 Å². The van der Waals surface area contributed by atoms with Crippen molar-refractivity contribution in [2.24, 2.45) is 0 Å². The van der Waals surface area contributed by atoms with Crippen LogP contribution in [-0.4, -0.2) is 27.3 Å². The summed E-state index contributed by atoms with van der Waals surface area (Å²) < 4.78 is 7.97. The summed E-state index contributed by atoms with van der Waals surface area (Å²) in [6, 6.07) is 27.5. The number of nitrogens with one attached hydrogen (secondary N) is 1. The lowest BCUT2D eigenvalue weighted by Crippen LogP contribution is -2.28. The van der Waals surface area contributed by atoms with Crippen molar-refractivity contribution >= 4 is 33.1 Å². The zero-order valence-corrected chi connectivity index (χ0v) is 18.9. The average Bonchev–Trinajstić information content (AvgIpc) is 3.30. The van der Waals surface area contributed by atoms with Crippen LogP contribution in [0.3, 0.4) is 0 Å². The molecular weight excluding hydrogens is 448 g/mol. The lowest BCUT2D eigenvalue weighted by molar-refractivity contribution is 0.101. The Balaban J connectivity index is 1.29. The standard InChI is InChI=1S/C26H20N4O3S/c31-24-14-13-22(29-30(24)15-16-33-20-9-2-1-3-10-20)25(32)27-19-8-6-7-18(17-19)26-28-21-11-4-5-12-23(21)34-26/h1-14,17H,15-16H2,(H,27,32). The van der Waals surface area contributed by atoms with Gasteiger partial charge in [-0.1, -0.05) is 42.5 Å². The molecule has 1 amide bonds. The summed E-state index contributed by atoms with van der Waals surface area (Å²) in [7, 11) is 0. The van der Waals surface area contributed by atoms with Gasteiger partial charge in [0.15, 0.2) is 0 Å². The SMILES string of the molecule is O=C(Nc1cccc(-c2nc3ccccc3s2)c1)c1ccc(=O)n(CCOc2ccccc2)n1. The lowest BCUT2D eigenvalue weighted by Gasteiger charge is -2.09. The van der Waals surface area contributed by atoms with Gasteiger partial charge >= 0.3 is 0 Å². The first-order valence-corrected chi connectivity index (χ1v) is 11.5. The fourth-order valence-electron chi connectivity index (χ4n) is 3.42. The van der Waals surface area contributed by atoms with Gasteiger partial charge < -0.3 is 10.1 Å². The molecule has 2 heterocycles. The van der Waals surface area contributed by atoms with Crippen LogP contribution in [0.15, 0.2) is 95.8 Å². The van der Waals surface area contributed by atoms with E-state index in [1.807, 2.05) is 72.8 Å². The van der Waals surface area contributed by atoms with Crippen molar-refractivity contribution in [1.29, 1.82) is 0 Å². The number of para-hydroxylation sites is 2. The number of anilines is 1. The maximum atomic E-state index is 12.8. The third-order valence-electron chi connectivity index (χ3n) is 5.08. The molecule has 0 saturated heterocycles. The van der Waals surface area contributed by atoms with E-state index in [9.17, 15) is 9.59 Å². The lowest BCUT2D eigenvalue weighted by atomic mass is 10.2. The highest BCUT2D eigenvalue weighted by Gasteiger charge is 2.12. The molecule has 1 N–H and O–H groups in total. The van der Waals surface area contributed by atoms with Crippen LogP contribution in [0, 0.1) is 0 Å². The van der Waals surface area contributed by atoms with E-state index in [-0.39, 0.29) is 24.4 Å². The molecule has 7 nitrogen and oxygen atoms in total. The van der Waals surface area contributed by atoms with E-state index < -0.39 is 5.91 Å². The van der Waals surface area contributed by atoms with E-state index in [0.29, 0.717) is 11.4 Å². The van der Waals surface area contributed by atoms with Crippen molar-refractivity contribution in [3.05, 3.63) is 107 Å². The number of nitrogens with zero attached hydrogens (tertiary/aromatic N) is 3. The van der Waals surface area contributed by atoms with E-state index in [1.54, 1.807) is 17.4 Å². The fourth-order valence-corrected chi connectivity index (χ4v) is 4.38. The molecule has 0 radical (unpaired) electrons. The summed E-state index contributed by atoms with van der Waals surface area (Å²) in [5.74, 6) is 0.302. The minimum atomic E-state index is -0.404. The third kappa shape index (κ3) is 4.87. The van der Waals surface area contributed by atoms with Crippen LogP contribution in [0.1, 0.15) is 10.5 Å². The Morgan fingerprint density at radius 1 is 0.941 bits per heavy atom. The maximum absolute atomic E-state index is 12.8. The summed E-state index contributed by atoms with van der Waals surface area (Å²) in [5, 5.41) is 7.95. The van der Waals surface area contributed by atoms with Crippen molar-refractivity contribution in [2.45, 2.75) is 6.54 Å². The molecule has 5 aromatic rings. The molecule has 0 bridgehead atoms. The zero-order chi connectivity index (χ0) is 23.3. The highest BCUT2D eigenvalue weighted by atomic mass is 32.1. The number of amides is 1. The summed E-state index contributed by atoms with van der Waals surface area (Å²) in [6.07, 6.45) is 0. The highest BCUT2D eigenvalue weighted by Crippen LogP contribution is 2.31. The second kappa shape index (κ2) is 9.68. The maximum Gasteiger partial charge on any atom is 0.276 e. The van der Waals surface area contributed by atoms with Crippen LogP contribution in [0.4, 0.5) is 5.69 Å². The molecule has 5 rings (SSSR count). The fraction of sp³-hybridized carbons (Fsp3) is 0.0769. The molecule has 2 aromatic heterocycles. The van der Waals surface area contributed by atoms with Gasteiger partial charge in [0.2, 0.25) is 0 Å². The van der Waals surface area contributed by atoms with E-state index in [2.05, 4.69) is 15.4 Å². The predicted molar refractivity (Wildman–Crippen MR) is 133 cm³/mol. The molecule has 0 saturated carbocycles. The number of rotatable bonds is 7. The molecule has 0 aliphatic carbocycles. The Bertz CT molecular complexity index is 1480. The second-order valence-corrected chi connectivity index (χ2v) is 8.49. The van der Waals surface area contributed by atoms with Gasteiger partial charge in [0.05, 0.1) is 16.8 Å². The van der Waals surface area contributed by atoms with Crippen molar-refractivity contribution < 1.29 is 9.53 Å². The van der Waals surface area contributed by atoms with Crippen LogP contribution in [-0.2, 0) is 6.54 Å². The Morgan fingerprint density at radius 2 is 1.76 bits per heavy atom. The summed E-state index contributed by atoms with van der Waals surface area (Å²) >= 11 is 1.60. The van der Waals surface area contributed by atoms with Gasteiger partial charge in [-0.15, -0.1) is 11.3 Å². The zero-order valence-electron chi connectivity index (χ0n) is 18.0. The topological polar surface area (TPSA) is 86.1 Å². The van der Waals surface area contributed by atoms with Crippen molar-refractivity contribution in [1.82, 2.24) is 14.8 Å². The van der Waals surface area contributed by atoms with Crippen LogP contribution in [0.2, 0.25) is 0 Å². The number of ether oxygens (including phenoxy) is 1. The molecule has 0 unspecified atom stereocenters. The Kier molecular flexibility index (Phi) is 6.13. The monoisotopic (exact) mass is 468 g/mol. The normalized spacial score (nSPS) is 10.8. The quantitative estimate of drug-likeness (QED) is 0.369. The predicted octanol–water partition coefficient (Wildman–Crippen LogP) is 4.85. The molecule has 34 heavy (non-hydrogen) atoms. The smallest absolute Gasteiger partial charge is 0.276 e. The van der Waals surface area contributed by atoms with Gasteiger partial charge in [0.25, 0.3) is 11.5 Å². The van der Waals surface area contributed by atoms with Gasteiger partial charge in [0.1, 0.15) is 23.1 Å². The second-order valence-electron chi connectivity index (χ2n) is 7.46. The Hall–Kier alpha value is -4.30. The first kappa shape index (κ1) is 21.5. The number of thiazole rings is 1. The third-order valence-corrected chi connectivity index (χ3v) is 6.16. The molecule has 0 aliphatic heterocycles. The molecule has 3 aromatic carbocycles. The number of benzene rings is 3. The Labute approximate surface area is 199 Å². The molecule has 0 aliphatic rings. The van der Waals surface area contributed by atoms with Gasteiger partial charge in [0, 0.05) is 17.3 Å². The minimum absolute atomic E-state index is 0.143. The number of carbonyl (C=O) groups is 1. The molecule has 8 heteroatoms. The van der Waals surface area contributed by atoms with E-state index in [4.69, 9.17) is 4.74 Å². The van der Waals surface area contributed by atoms with Crippen LogP contribution in [0.5, 0.6) is 5.75 Å². The van der Waals surface area contributed by atoms with Gasteiger partial charge in [-0.3, -0.25) is 9.59 Å². The number of hydrogen-bond donors (Lipinski definition) is 1. The summed E-state index contributed by atoms with van der Waals surface area (Å²) in [5.41, 5.74) is 2.32. The molecule has 0 fully saturated rings. The first-order chi connectivity index (χ1) is 16.7. The van der Waals surface area contributed by atoms with Gasteiger partial charge in [-0.2, -0.15) is 5.10 Å². The molecule has 0 atom stereocenters. The number of aromatic nitrogens is 3. The Morgan fingerprint density at radius 3 is 2.62 bits per heavy atom. The van der Waals surface area contributed by atoms with Crippen LogP contribution >= 0.6 is 11.3 Å². The van der Waals surface area contributed by atoms with Crippen LogP contribution < -0.4 is 15.6 Å². The van der Waals surface area contributed by atoms with Crippen molar-refractivity contribution in [2.75, 3.05) is 11.9 Å². The summed E-state index contributed by atoms with van der Waals surface area (Å²) in [4.78, 5) is 29.7. The summed E-state index contributed by atoms with van der Waals surface area (Å²) in [6.45, 7) is 0.480. The van der Waals surface area contributed by atoms with Crippen molar-refractivity contribution in [3.63, 3.8) is 0 Å². The van der Waals surface area contributed by atoms with Gasteiger partial charge in [-0.05, 0) is 42.5 Å². The number of carbonyl (C=O) groups excluding carboxylic acids is 1. The van der Waals surface area contributed by atoms with E-state index in [1.165, 1.54) is 16.8 Å². The first-order valence-electron chi connectivity index (χ1n) is 10.7. The van der Waals surface area contributed by atoms with Gasteiger partial charge in [-0.25, -0.2) is 9.67 Å². The number of hydrogen-bond acceptors (Lipinski definition) is 6. The molecule has 168 valence electrons. The largest absolute Gasteiger partial charge is 0.492 e. The van der Waals surface area contributed by atoms with E-state index >= 15 is 0 Å².